The molecule has 0 spiro atoms. The lowest BCUT2D eigenvalue weighted by molar-refractivity contribution is -0.870. The summed E-state index contributed by atoms with van der Waals surface area (Å²) in [6.07, 6.45) is 106. The summed E-state index contributed by atoms with van der Waals surface area (Å²) in [4.78, 5) is 36.0. The topological polar surface area (TPSA) is 108 Å². The van der Waals surface area contributed by atoms with Gasteiger partial charge in [-0.1, -0.05) is 387 Å². The smallest absolute Gasteiger partial charge is 0.462 e. The standard InChI is InChI=1S/C85H154NO8P/c1-6-8-10-12-14-16-18-20-22-24-26-28-30-32-34-36-38-40-42-43-44-46-48-50-52-54-56-58-60-62-64-66-68-70-72-74-76-78-85(88)94-83(82-93-95(89,90)92-80-79-86(3,4)5)81-91-84(87)77-75-73-71-69-67-65-63-61-59-57-55-53-51-49-47-45-41-39-37-35-33-31-29-27-25-23-21-19-17-15-13-11-9-7-2/h8,10,14,16,20,22,26,28,32,34,38,40,43-44,48,50,83H,6-7,9,11-13,15,17-19,21,23-25,27,29-31,33,35-37,39,41-42,45-47,49,51-82H2,1-5H3/p+1/b10-8-,16-14-,22-20-,28-26-,34-32-,40-38-,44-43-,50-48-. The molecule has 0 bridgehead atoms. The van der Waals surface area contributed by atoms with Crippen LogP contribution in [-0.4, -0.2) is 74.9 Å². The van der Waals surface area contributed by atoms with E-state index in [0.29, 0.717) is 23.9 Å². The van der Waals surface area contributed by atoms with Crippen LogP contribution >= 0.6 is 7.82 Å². The Morgan fingerprint density at radius 3 is 0.895 bits per heavy atom. The Hall–Kier alpha value is -3.07. The van der Waals surface area contributed by atoms with Gasteiger partial charge in [0.15, 0.2) is 6.10 Å². The number of esters is 2. The number of carbonyl (C=O) groups is 2. The Morgan fingerprint density at radius 2 is 0.600 bits per heavy atom. The molecule has 0 radical (unpaired) electrons. The first kappa shape index (κ1) is 91.9. The lowest BCUT2D eigenvalue weighted by atomic mass is 10.0. The van der Waals surface area contributed by atoms with Crippen LogP contribution in [0.2, 0.25) is 0 Å². The second-order valence-electron chi connectivity index (χ2n) is 28.4. The quantitative estimate of drug-likeness (QED) is 0.0211. The van der Waals surface area contributed by atoms with E-state index in [1.807, 2.05) is 21.1 Å². The first-order valence-electron chi connectivity index (χ1n) is 40.5. The highest BCUT2D eigenvalue weighted by atomic mass is 31.2. The minimum absolute atomic E-state index is 0.0300. The van der Waals surface area contributed by atoms with E-state index in [1.54, 1.807) is 0 Å². The average molecular weight is 1350 g/mol. The van der Waals surface area contributed by atoms with Crippen molar-refractivity contribution < 1.29 is 42.1 Å². The van der Waals surface area contributed by atoms with Gasteiger partial charge in [0.05, 0.1) is 27.7 Å². The van der Waals surface area contributed by atoms with Crippen LogP contribution in [0, 0.1) is 0 Å². The zero-order chi connectivity index (χ0) is 69.0. The van der Waals surface area contributed by atoms with Crippen molar-refractivity contribution in [2.45, 2.75) is 386 Å². The first-order valence-corrected chi connectivity index (χ1v) is 42.0. The molecular formula is C85H155NO8P+. The number of nitrogens with zero attached hydrogens (tertiary/aromatic N) is 1. The molecule has 0 saturated carbocycles. The monoisotopic (exact) mass is 1350 g/mol. The molecule has 0 aliphatic rings. The van der Waals surface area contributed by atoms with Crippen molar-refractivity contribution >= 4 is 19.8 Å². The molecule has 0 aromatic rings. The number of allylic oxidation sites excluding steroid dienone is 16. The number of likely N-dealkylation sites (N-methyl/N-ethyl adjacent to an activating group) is 1. The predicted octanol–water partition coefficient (Wildman–Crippen LogP) is 27.0. The molecule has 9 nitrogen and oxygen atoms in total. The highest BCUT2D eigenvalue weighted by Gasteiger charge is 2.27. The van der Waals surface area contributed by atoms with Crippen LogP contribution in [0.4, 0.5) is 0 Å². The van der Waals surface area contributed by atoms with E-state index in [9.17, 15) is 19.0 Å². The third kappa shape index (κ3) is 79.8. The molecule has 2 atom stereocenters. The van der Waals surface area contributed by atoms with Gasteiger partial charge in [-0.25, -0.2) is 4.57 Å². The van der Waals surface area contributed by atoms with Crippen molar-refractivity contribution in [3.05, 3.63) is 97.2 Å². The van der Waals surface area contributed by atoms with Crippen molar-refractivity contribution in [3.8, 4) is 0 Å². The first-order chi connectivity index (χ1) is 46.5. The van der Waals surface area contributed by atoms with Gasteiger partial charge in [0.25, 0.3) is 0 Å². The maximum Gasteiger partial charge on any atom is 0.472 e. The van der Waals surface area contributed by atoms with Crippen LogP contribution in [0.3, 0.4) is 0 Å². The van der Waals surface area contributed by atoms with E-state index in [4.69, 9.17) is 18.5 Å². The van der Waals surface area contributed by atoms with Crippen LogP contribution in [-0.2, 0) is 32.7 Å². The van der Waals surface area contributed by atoms with Gasteiger partial charge in [-0.3, -0.25) is 18.6 Å². The summed E-state index contributed by atoms with van der Waals surface area (Å²) in [5.74, 6) is -0.785. The summed E-state index contributed by atoms with van der Waals surface area (Å²) < 4.78 is 34.8. The van der Waals surface area contributed by atoms with Gasteiger partial charge in [-0.05, 0) is 77.0 Å². The fourth-order valence-electron chi connectivity index (χ4n) is 11.7. The molecule has 0 rings (SSSR count). The molecule has 95 heavy (non-hydrogen) atoms. The fraction of sp³-hybridized carbons (Fsp3) is 0.788. The number of hydrogen-bond acceptors (Lipinski definition) is 7. The molecule has 0 amide bonds. The Balaban J connectivity index is 3.97. The van der Waals surface area contributed by atoms with Gasteiger partial charge in [-0.15, -0.1) is 0 Å². The number of phosphoric acid groups is 1. The molecule has 0 saturated heterocycles. The number of ether oxygens (including phenoxy) is 2. The van der Waals surface area contributed by atoms with Gasteiger partial charge in [0, 0.05) is 12.8 Å². The van der Waals surface area contributed by atoms with E-state index >= 15 is 0 Å². The largest absolute Gasteiger partial charge is 0.472 e. The lowest BCUT2D eigenvalue weighted by Crippen LogP contribution is -2.37. The minimum Gasteiger partial charge on any atom is -0.462 e. The van der Waals surface area contributed by atoms with Gasteiger partial charge in [0.2, 0.25) is 0 Å². The molecule has 10 heteroatoms. The Kier molecular flexibility index (Phi) is 72.7. The summed E-state index contributed by atoms with van der Waals surface area (Å²) in [6, 6.07) is 0. The highest BCUT2D eigenvalue weighted by molar-refractivity contribution is 7.47. The second-order valence-corrected chi connectivity index (χ2v) is 29.9. The van der Waals surface area contributed by atoms with E-state index in [1.165, 1.54) is 257 Å². The maximum absolute atomic E-state index is 12.9. The Bertz CT molecular complexity index is 1930. The average Bonchev–Trinajstić information content (AvgIpc) is 1.80. The Morgan fingerprint density at radius 1 is 0.337 bits per heavy atom. The van der Waals surface area contributed by atoms with Crippen molar-refractivity contribution in [2.24, 2.45) is 0 Å². The summed E-state index contributed by atoms with van der Waals surface area (Å²) in [7, 11) is 1.48. The molecule has 0 fully saturated rings. The van der Waals surface area contributed by atoms with E-state index in [-0.39, 0.29) is 25.6 Å². The van der Waals surface area contributed by atoms with Gasteiger partial charge >= 0.3 is 19.8 Å². The zero-order valence-corrected chi connectivity index (χ0v) is 64.0. The van der Waals surface area contributed by atoms with Crippen molar-refractivity contribution in [1.29, 1.82) is 0 Å². The normalized spacial score (nSPS) is 13.5. The molecular weight excluding hydrogens is 1190 g/mol. The van der Waals surface area contributed by atoms with Crippen LogP contribution in [0.1, 0.15) is 380 Å². The van der Waals surface area contributed by atoms with Crippen molar-refractivity contribution in [1.82, 2.24) is 0 Å². The number of rotatable bonds is 75. The molecule has 552 valence electrons. The summed E-state index contributed by atoms with van der Waals surface area (Å²) in [5, 5.41) is 0. The van der Waals surface area contributed by atoms with Gasteiger partial charge in [0.1, 0.15) is 19.8 Å². The van der Waals surface area contributed by atoms with Gasteiger partial charge < -0.3 is 18.9 Å². The number of hydrogen-bond donors (Lipinski definition) is 1. The van der Waals surface area contributed by atoms with Crippen LogP contribution in [0.25, 0.3) is 0 Å². The number of carbonyl (C=O) groups excluding carboxylic acids is 2. The minimum atomic E-state index is -4.40. The van der Waals surface area contributed by atoms with Crippen molar-refractivity contribution in [2.75, 3.05) is 47.5 Å². The second kappa shape index (κ2) is 75.1. The van der Waals surface area contributed by atoms with Crippen LogP contribution in [0.15, 0.2) is 97.2 Å². The molecule has 0 aliphatic heterocycles. The highest BCUT2D eigenvalue weighted by Crippen LogP contribution is 2.43. The molecule has 1 N–H and O–H groups in total. The van der Waals surface area contributed by atoms with Crippen molar-refractivity contribution in [3.63, 3.8) is 0 Å². The van der Waals surface area contributed by atoms with E-state index < -0.39 is 26.5 Å². The molecule has 0 aliphatic carbocycles. The van der Waals surface area contributed by atoms with Crippen LogP contribution < -0.4 is 0 Å². The Labute approximate surface area is 589 Å². The summed E-state index contributed by atoms with van der Waals surface area (Å²) in [6.45, 7) is 4.37. The number of unbranched alkanes of at least 4 members (excludes halogenated alkanes) is 45. The zero-order valence-electron chi connectivity index (χ0n) is 63.1. The third-order valence-corrected chi connectivity index (χ3v) is 18.9. The number of quaternary nitrogens is 1. The lowest BCUT2D eigenvalue weighted by Gasteiger charge is -2.24. The van der Waals surface area contributed by atoms with Crippen LogP contribution in [0.5, 0.6) is 0 Å². The van der Waals surface area contributed by atoms with Gasteiger partial charge in [-0.2, -0.15) is 0 Å². The van der Waals surface area contributed by atoms with E-state index in [0.717, 1.165) is 89.9 Å². The molecule has 0 aromatic carbocycles. The summed E-state index contributed by atoms with van der Waals surface area (Å²) >= 11 is 0. The predicted molar refractivity (Wildman–Crippen MR) is 413 cm³/mol. The fourth-order valence-corrected chi connectivity index (χ4v) is 12.5. The maximum atomic E-state index is 12.9. The number of phosphoric ester groups is 1. The summed E-state index contributed by atoms with van der Waals surface area (Å²) in [5.41, 5.74) is 0. The molecule has 0 heterocycles. The molecule has 0 aromatic heterocycles. The van der Waals surface area contributed by atoms with E-state index in [2.05, 4.69) is 111 Å². The SMILES string of the molecule is CC/C=C\C/C=C\C/C=C\C/C=C\C/C=C\C/C=C\C/C=C\C/C=C\CCCCCCCCCCCCCCC(=O)OC(COC(=O)CCCCCCCCCCCCCCCCCCCCCCCCCCCCCCCCCCCC)COP(=O)(O)OCC[N+](C)(C)C. The molecule has 2 unspecified atom stereocenters. The third-order valence-electron chi connectivity index (χ3n) is 17.9.